The molecule has 0 bridgehead atoms. The van der Waals surface area contributed by atoms with Crippen LogP contribution in [0.25, 0.3) is 0 Å². The summed E-state index contributed by atoms with van der Waals surface area (Å²) in [4.78, 5) is 11.3. The minimum Gasteiger partial charge on any atom is -0.351 e. The van der Waals surface area contributed by atoms with E-state index in [4.69, 9.17) is 8.37 Å². The molecule has 1 aliphatic heterocycles. The SMILES string of the molecule is CS(=O)(=O)OC[C@@H](OS(C)(=O)=O)[C@@H](OS(C)(=O)=O)[C@@H]1CCC(=O)N1. The van der Waals surface area contributed by atoms with Gasteiger partial charge in [0.1, 0.15) is 12.2 Å². The van der Waals surface area contributed by atoms with Crippen molar-refractivity contribution in [2.75, 3.05) is 25.4 Å². The average Bonchev–Trinajstić information content (AvgIpc) is 2.75. The Kier molecular flexibility index (Phi) is 6.74. The number of amides is 1. The lowest BCUT2D eigenvalue weighted by Crippen LogP contribution is -2.50. The predicted octanol–water partition coefficient (Wildman–Crippen LogP) is -2.07. The largest absolute Gasteiger partial charge is 0.351 e. The fourth-order valence-corrected chi connectivity index (χ4v) is 3.72. The van der Waals surface area contributed by atoms with Crippen LogP contribution in [-0.2, 0) is 47.7 Å². The summed E-state index contributed by atoms with van der Waals surface area (Å²) in [6.07, 6.45) is -0.699. The highest BCUT2D eigenvalue weighted by Crippen LogP contribution is 2.21. The van der Waals surface area contributed by atoms with Crippen molar-refractivity contribution >= 4 is 36.3 Å². The Hall–Kier alpha value is -0.800. The molecule has 0 saturated carbocycles. The maximum absolute atomic E-state index is 11.5. The first kappa shape index (κ1) is 21.2. The van der Waals surface area contributed by atoms with E-state index in [9.17, 15) is 30.0 Å². The highest BCUT2D eigenvalue weighted by molar-refractivity contribution is 7.86. The predicted molar refractivity (Wildman–Crippen MR) is 81.4 cm³/mol. The van der Waals surface area contributed by atoms with Crippen molar-refractivity contribution in [2.45, 2.75) is 31.1 Å². The van der Waals surface area contributed by atoms with E-state index in [-0.39, 0.29) is 18.7 Å². The van der Waals surface area contributed by atoms with Gasteiger partial charge in [0.05, 0.1) is 31.4 Å². The van der Waals surface area contributed by atoms with Gasteiger partial charge in [0.25, 0.3) is 30.4 Å². The van der Waals surface area contributed by atoms with Crippen LogP contribution in [0.1, 0.15) is 12.8 Å². The van der Waals surface area contributed by atoms with Crippen molar-refractivity contribution in [3.05, 3.63) is 0 Å². The van der Waals surface area contributed by atoms with Crippen molar-refractivity contribution < 1.29 is 42.6 Å². The second kappa shape index (κ2) is 7.61. The highest BCUT2D eigenvalue weighted by atomic mass is 32.2. The number of carbonyl (C=O) groups is 1. The fraction of sp³-hybridized carbons (Fsp3) is 0.900. The number of rotatable bonds is 9. The zero-order valence-corrected chi connectivity index (χ0v) is 15.6. The standard InChI is InChI=1S/C10H19NO10S3/c1-22(13,14)19-6-8(20-23(2,15)16)10(21-24(3,17)18)7-4-5-9(12)11-7/h7-8,10H,4-6H2,1-3H3,(H,11,12)/t7-,8+,10-/m0/s1. The third-order valence-electron chi connectivity index (χ3n) is 2.82. The van der Waals surface area contributed by atoms with E-state index in [1.165, 1.54) is 0 Å². The van der Waals surface area contributed by atoms with Gasteiger partial charge in [0.15, 0.2) is 0 Å². The molecule has 0 aliphatic carbocycles. The molecular weight excluding hydrogens is 390 g/mol. The Bertz CT molecular complexity index is 770. The molecule has 3 atom stereocenters. The molecule has 1 heterocycles. The smallest absolute Gasteiger partial charge is 0.264 e. The summed E-state index contributed by atoms with van der Waals surface area (Å²) in [6, 6.07) is -0.887. The summed E-state index contributed by atoms with van der Waals surface area (Å²) in [5, 5.41) is 2.43. The van der Waals surface area contributed by atoms with E-state index >= 15 is 0 Å². The third kappa shape index (κ3) is 8.34. The van der Waals surface area contributed by atoms with Gasteiger partial charge in [-0.3, -0.25) is 17.3 Å². The average molecular weight is 409 g/mol. The van der Waals surface area contributed by atoms with Gasteiger partial charge >= 0.3 is 0 Å². The Morgan fingerprint density at radius 2 is 1.54 bits per heavy atom. The third-order valence-corrected chi connectivity index (χ3v) is 4.56. The molecule has 1 amide bonds. The van der Waals surface area contributed by atoms with E-state index < -0.39 is 55.2 Å². The lowest BCUT2D eigenvalue weighted by molar-refractivity contribution is -0.119. The lowest BCUT2D eigenvalue weighted by atomic mass is 10.0. The second-order valence-corrected chi connectivity index (χ2v) is 10.2. The van der Waals surface area contributed by atoms with Crippen LogP contribution in [0.15, 0.2) is 0 Å². The van der Waals surface area contributed by atoms with Crippen molar-refractivity contribution in [2.24, 2.45) is 0 Å². The minimum atomic E-state index is -4.10. The first-order valence-electron chi connectivity index (χ1n) is 6.56. The molecule has 0 aromatic rings. The van der Waals surface area contributed by atoms with Crippen LogP contribution in [0.2, 0.25) is 0 Å². The minimum absolute atomic E-state index is 0.0762. The van der Waals surface area contributed by atoms with Gasteiger partial charge < -0.3 is 5.32 Å². The first-order valence-corrected chi connectivity index (χ1v) is 12.0. The van der Waals surface area contributed by atoms with Crippen LogP contribution in [0.4, 0.5) is 0 Å². The molecular formula is C10H19NO10S3. The van der Waals surface area contributed by atoms with Crippen LogP contribution in [0.5, 0.6) is 0 Å². The normalized spacial score (nSPS) is 22.1. The fourth-order valence-electron chi connectivity index (χ4n) is 2.07. The van der Waals surface area contributed by atoms with Crippen molar-refractivity contribution in [1.29, 1.82) is 0 Å². The molecule has 1 N–H and O–H groups in total. The first-order chi connectivity index (χ1) is 10.7. The molecule has 11 nitrogen and oxygen atoms in total. The number of hydrogen-bond acceptors (Lipinski definition) is 10. The Morgan fingerprint density at radius 3 is 1.92 bits per heavy atom. The summed E-state index contributed by atoms with van der Waals surface area (Å²) < 4.78 is 82.0. The van der Waals surface area contributed by atoms with Gasteiger partial charge in [-0.15, -0.1) is 0 Å². The molecule has 142 valence electrons. The van der Waals surface area contributed by atoms with Crippen LogP contribution >= 0.6 is 0 Å². The molecule has 24 heavy (non-hydrogen) atoms. The van der Waals surface area contributed by atoms with Crippen molar-refractivity contribution in [3.63, 3.8) is 0 Å². The summed E-state index contributed by atoms with van der Waals surface area (Å²) in [5.41, 5.74) is 0. The molecule has 14 heteroatoms. The Balaban J connectivity index is 3.13. The second-order valence-electron chi connectivity index (χ2n) is 5.31. The molecule has 0 spiro atoms. The van der Waals surface area contributed by atoms with E-state index in [1.807, 2.05) is 0 Å². The highest BCUT2D eigenvalue weighted by Gasteiger charge is 2.40. The molecule has 0 unspecified atom stereocenters. The van der Waals surface area contributed by atoms with Crippen LogP contribution in [0, 0.1) is 0 Å². The maximum Gasteiger partial charge on any atom is 0.264 e. The number of hydrogen-bond donors (Lipinski definition) is 1. The Morgan fingerprint density at radius 1 is 1.00 bits per heavy atom. The van der Waals surface area contributed by atoms with E-state index in [0.29, 0.717) is 6.26 Å². The molecule has 0 radical (unpaired) electrons. The summed E-state index contributed by atoms with van der Waals surface area (Å²) >= 11 is 0. The lowest BCUT2D eigenvalue weighted by Gasteiger charge is -2.29. The molecule has 1 fully saturated rings. The van der Waals surface area contributed by atoms with Crippen LogP contribution in [-0.4, -0.2) is 74.8 Å². The number of carbonyl (C=O) groups excluding carboxylic acids is 1. The van der Waals surface area contributed by atoms with E-state index in [1.54, 1.807) is 0 Å². The maximum atomic E-state index is 11.5. The summed E-state index contributed by atoms with van der Waals surface area (Å²) in [7, 11) is -12.1. The van der Waals surface area contributed by atoms with E-state index in [0.717, 1.165) is 12.5 Å². The molecule has 1 rings (SSSR count). The monoisotopic (exact) mass is 409 g/mol. The summed E-state index contributed by atoms with van der Waals surface area (Å²) in [6.45, 7) is -0.807. The van der Waals surface area contributed by atoms with Crippen LogP contribution in [0.3, 0.4) is 0 Å². The van der Waals surface area contributed by atoms with Gasteiger partial charge in [0.2, 0.25) is 5.91 Å². The van der Waals surface area contributed by atoms with E-state index in [2.05, 4.69) is 9.50 Å². The Labute approximate surface area is 141 Å². The molecule has 0 aromatic carbocycles. The molecule has 1 saturated heterocycles. The molecule has 1 aliphatic rings. The van der Waals surface area contributed by atoms with Crippen LogP contribution < -0.4 is 5.32 Å². The number of nitrogens with one attached hydrogen (secondary N) is 1. The molecule has 0 aromatic heterocycles. The topological polar surface area (TPSA) is 159 Å². The van der Waals surface area contributed by atoms with Gasteiger partial charge in [0, 0.05) is 6.42 Å². The zero-order chi connectivity index (χ0) is 18.8. The van der Waals surface area contributed by atoms with Gasteiger partial charge in [-0.2, -0.15) is 25.3 Å². The van der Waals surface area contributed by atoms with Gasteiger partial charge in [-0.05, 0) is 6.42 Å². The summed E-state index contributed by atoms with van der Waals surface area (Å²) in [5.74, 6) is -0.385. The zero-order valence-electron chi connectivity index (χ0n) is 13.2. The van der Waals surface area contributed by atoms with Crippen molar-refractivity contribution in [1.82, 2.24) is 5.32 Å². The van der Waals surface area contributed by atoms with Crippen molar-refractivity contribution in [3.8, 4) is 0 Å². The van der Waals surface area contributed by atoms with Gasteiger partial charge in [-0.25, -0.2) is 0 Å². The van der Waals surface area contributed by atoms with Gasteiger partial charge in [-0.1, -0.05) is 0 Å². The quantitative estimate of drug-likeness (QED) is 0.419.